The van der Waals surface area contributed by atoms with Crippen molar-refractivity contribution in [3.8, 4) is 5.69 Å². The summed E-state index contributed by atoms with van der Waals surface area (Å²) in [6.45, 7) is 3.34. The highest BCUT2D eigenvalue weighted by molar-refractivity contribution is 5.53. The van der Waals surface area contributed by atoms with E-state index in [1.165, 1.54) is 10.8 Å². The number of hydrogen-bond acceptors (Lipinski definition) is 2. The van der Waals surface area contributed by atoms with Gasteiger partial charge in [0.1, 0.15) is 0 Å². The van der Waals surface area contributed by atoms with Gasteiger partial charge in [-0.2, -0.15) is 0 Å². The number of H-pyrrole nitrogens is 1. The summed E-state index contributed by atoms with van der Waals surface area (Å²) in [4.78, 5) is 12.1. The highest BCUT2D eigenvalue weighted by Gasteiger charge is 2.10. The Kier molecular flexibility index (Phi) is 2.87. The van der Waals surface area contributed by atoms with E-state index in [1.807, 2.05) is 30.3 Å². The van der Waals surface area contributed by atoms with Crippen LogP contribution in [0, 0.1) is 6.92 Å². The molecule has 0 aliphatic carbocycles. The molecule has 1 heterocycles. The zero-order valence-corrected chi connectivity index (χ0v) is 9.77. The van der Waals surface area contributed by atoms with Gasteiger partial charge in [-0.25, -0.2) is 4.68 Å². The molecule has 1 aromatic heterocycles. The fourth-order valence-corrected chi connectivity index (χ4v) is 1.70. The van der Waals surface area contributed by atoms with Gasteiger partial charge in [0, 0.05) is 5.69 Å². The lowest BCUT2D eigenvalue weighted by Gasteiger charge is -1.99. The summed E-state index contributed by atoms with van der Waals surface area (Å²) in [5.41, 5.74) is 1.82. The molecule has 0 unspecified atom stereocenters. The number of nitrogens with zero attached hydrogens (tertiary/aromatic N) is 1. The number of rotatable bonds is 2. The van der Waals surface area contributed by atoms with Crippen LogP contribution < -0.4 is 5.56 Å². The number of aliphatic hydroxyl groups is 1. The minimum absolute atomic E-state index is 0.115. The predicted molar refractivity (Wildman–Crippen MR) is 67.4 cm³/mol. The van der Waals surface area contributed by atoms with Gasteiger partial charge >= 0.3 is 0 Å². The van der Waals surface area contributed by atoms with E-state index in [4.69, 9.17) is 0 Å². The number of benzene rings is 1. The van der Waals surface area contributed by atoms with Gasteiger partial charge in [-0.05, 0) is 32.1 Å². The van der Waals surface area contributed by atoms with Crippen LogP contribution in [-0.4, -0.2) is 14.9 Å². The first-order valence-electron chi connectivity index (χ1n) is 5.34. The molecule has 4 nitrogen and oxygen atoms in total. The van der Waals surface area contributed by atoms with Gasteiger partial charge in [-0.3, -0.25) is 9.89 Å². The summed E-state index contributed by atoms with van der Waals surface area (Å²) < 4.78 is 1.46. The molecular formula is C13H14N2O2. The molecule has 2 N–H and O–H groups in total. The standard InChI is InChI=1S/C13H14N2O2/c1-9(16)8-12-10(2)14-15(13(12)17)11-6-4-3-5-7-11/h3-8,14,16H,1-2H3/b9-8-. The minimum Gasteiger partial charge on any atom is -0.513 e. The lowest BCUT2D eigenvalue weighted by Crippen LogP contribution is -2.15. The Bertz CT molecular complexity index is 602. The van der Waals surface area contributed by atoms with E-state index in [1.54, 1.807) is 13.8 Å². The van der Waals surface area contributed by atoms with Crippen molar-refractivity contribution >= 4 is 6.08 Å². The number of aliphatic hydroxyl groups excluding tert-OH is 1. The fraction of sp³-hybridized carbons (Fsp3) is 0.154. The van der Waals surface area contributed by atoms with Crippen molar-refractivity contribution in [3.05, 3.63) is 57.7 Å². The van der Waals surface area contributed by atoms with E-state index >= 15 is 0 Å². The highest BCUT2D eigenvalue weighted by atomic mass is 16.3. The summed E-state index contributed by atoms with van der Waals surface area (Å²) in [5, 5.41) is 12.2. The first kappa shape index (κ1) is 11.3. The topological polar surface area (TPSA) is 58.0 Å². The Morgan fingerprint density at radius 1 is 1.35 bits per heavy atom. The van der Waals surface area contributed by atoms with E-state index in [-0.39, 0.29) is 11.3 Å². The van der Waals surface area contributed by atoms with Crippen LogP contribution in [0.25, 0.3) is 11.8 Å². The van der Waals surface area contributed by atoms with Crippen molar-refractivity contribution < 1.29 is 5.11 Å². The van der Waals surface area contributed by atoms with Crippen molar-refractivity contribution in [1.29, 1.82) is 0 Å². The molecule has 1 aromatic carbocycles. The molecule has 0 bridgehead atoms. The first-order chi connectivity index (χ1) is 8.09. The van der Waals surface area contributed by atoms with Crippen molar-refractivity contribution in [1.82, 2.24) is 9.78 Å². The molecule has 0 fully saturated rings. The molecular weight excluding hydrogens is 216 g/mol. The highest BCUT2D eigenvalue weighted by Crippen LogP contribution is 2.09. The third kappa shape index (κ3) is 2.15. The Hall–Kier alpha value is -2.23. The second-order valence-electron chi connectivity index (χ2n) is 3.91. The number of allylic oxidation sites excluding steroid dienone is 1. The summed E-state index contributed by atoms with van der Waals surface area (Å²) >= 11 is 0. The van der Waals surface area contributed by atoms with Crippen LogP contribution in [0.15, 0.2) is 40.9 Å². The second-order valence-corrected chi connectivity index (χ2v) is 3.91. The number of aromatic nitrogens is 2. The average Bonchev–Trinajstić information content (AvgIpc) is 2.58. The number of aromatic amines is 1. The monoisotopic (exact) mass is 230 g/mol. The molecule has 88 valence electrons. The zero-order chi connectivity index (χ0) is 12.4. The average molecular weight is 230 g/mol. The smallest absolute Gasteiger partial charge is 0.278 e. The molecule has 0 aliphatic heterocycles. The number of para-hydroxylation sites is 1. The van der Waals surface area contributed by atoms with Crippen molar-refractivity contribution in [2.45, 2.75) is 13.8 Å². The Morgan fingerprint density at radius 2 is 2.00 bits per heavy atom. The molecule has 4 heteroatoms. The third-order valence-corrected chi connectivity index (χ3v) is 2.48. The maximum Gasteiger partial charge on any atom is 0.278 e. The molecule has 0 atom stereocenters. The Labute approximate surface area is 98.8 Å². The molecule has 0 radical (unpaired) electrons. The quantitative estimate of drug-likeness (QED) is 0.778. The van der Waals surface area contributed by atoms with Gasteiger partial charge in [0.2, 0.25) is 0 Å². The molecule has 0 amide bonds. The minimum atomic E-state index is -0.165. The number of nitrogens with one attached hydrogen (secondary N) is 1. The van der Waals surface area contributed by atoms with Crippen LogP contribution in [0.4, 0.5) is 0 Å². The van der Waals surface area contributed by atoms with Crippen LogP contribution >= 0.6 is 0 Å². The van der Waals surface area contributed by atoms with E-state index in [2.05, 4.69) is 5.10 Å². The van der Waals surface area contributed by atoms with E-state index < -0.39 is 0 Å². The van der Waals surface area contributed by atoms with Crippen LogP contribution in [0.3, 0.4) is 0 Å². The molecule has 17 heavy (non-hydrogen) atoms. The third-order valence-electron chi connectivity index (χ3n) is 2.48. The van der Waals surface area contributed by atoms with Gasteiger partial charge in [0.25, 0.3) is 5.56 Å². The van der Waals surface area contributed by atoms with Gasteiger partial charge in [0.05, 0.1) is 17.0 Å². The van der Waals surface area contributed by atoms with Crippen molar-refractivity contribution in [3.63, 3.8) is 0 Å². The van der Waals surface area contributed by atoms with Crippen LogP contribution in [0.5, 0.6) is 0 Å². The molecule has 0 spiro atoms. The largest absolute Gasteiger partial charge is 0.513 e. The van der Waals surface area contributed by atoms with Gasteiger partial charge in [0.15, 0.2) is 0 Å². The lowest BCUT2D eigenvalue weighted by molar-refractivity contribution is 0.420. The molecule has 0 aliphatic rings. The van der Waals surface area contributed by atoms with Gasteiger partial charge in [-0.15, -0.1) is 0 Å². The summed E-state index contributed by atoms with van der Waals surface area (Å²) in [6.07, 6.45) is 1.47. The summed E-state index contributed by atoms with van der Waals surface area (Å²) in [5.74, 6) is 0.115. The second kappa shape index (κ2) is 4.33. The lowest BCUT2D eigenvalue weighted by atomic mass is 10.2. The van der Waals surface area contributed by atoms with Gasteiger partial charge in [-0.1, -0.05) is 18.2 Å². The van der Waals surface area contributed by atoms with E-state index in [9.17, 15) is 9.90 Å². The van der Waals surface area contributed by atoms with Crippen LogP contribution in [0.2, 0.25) is 0 Å². The zero-order valence-electron chi connectivity index (χ0n) is 9.77. The first-order valence-corrected chi connectivity index (χ1v) is 5.34. The number of aryl methyl sites for hydroxylation is 1. The summed E-state index contributed by atoms with van der Waals surface area (Å²) in [7, 11) is 0. The Morgan fingerprint density at radius 3 is 2.59 bits per heavy atom. The maximum atomic E-state index is 12.1. The fourth-order valence-electron chi connectivity index (χ4n) is 1.70. The Balaban J connectivity index is 2.60. The summed E-state index contributed by atoms with van der Waals surface area (Å²) in [6, 6.07) is 9.31. The predicted octanol–water partition coefficient (Wildman–Crippen LogP) is 2.39. The molecule has 0 saturated heterocycles. The van der Waals surface area contributed by atoms with E-state index in [0.29, 0.717) is 5.56 Å². The molecule has 2 rings (SSSR count). The van der Waals surface area contributed by atoms with E-state index in [0.717, 1.165) is 11.4 Å². The molecule has 2 aromatic rings. The van der Waals surface area contributed by atoms with Gasteiger partial charge < -0.3 is 5.11 Å². The SMILES string of the molecule is C/C(O)=C/c1c(C)[nH]n(-c2ccccc2)c1=O. The maximum absolute atomic E-state index is 12.1. The van der Waals surface area contributed by atoms with Crippen LogP contribution in [0.1, 0.15) is 18.2 Å². The number of hydrogen-bond donors (Lipinski definition) is 2. The molecule has 0 saturated carbocycles. The van der Waals surface area contributed by atoms with Crippen molar-refractivity contribution in [2.75, 3.05) is 0 Å². The van der Waals surface area contributed by atoms with Crippen molar-refractivity contribution in [2.24, 2.45) is 0 Å². The van der Waals surface area contributed by atoms with Crippen LogP contribution in [-0.2, 0) is 0 Å². The normalized spacial score (nSPS) is 11.8.